The summed E-state index contributed by atoms with van der Waals surface area (Å²) in [5.41, 5.74) is 4.95. The van der Waals surface area contributed by atoms with Gasteiger partial charge in [-0.1, -0.05) is 50.2 Å². The van der Waals surface area contributed by atoms with Crippen LogP contribution in [0.15, 0.2) is 48.5 Å². The third-order valence-corrected chi connectivity index (χ3v) is 9.46. The normalized spacial score (nSPS) is 29.7. The molecule has 1 aliphatic heterocycles. The molecule has 2 aromatic rings. The van der Waals surface area contributed by atoms with Crippen molar-refractivity contribution >= 4 is 11.8 Å². The fraction of sp³-hybridized carbons (Fsp3) is 0.548. The van der Waals surface area contributed by atoms with Gasteiger partial charge in [-0.15, -0.1) is 0 Å². The first-order chi connectivity index (χ1) is 16.9. The van der Waals surface area contributed by atoms with Gasteiger partial charge < -0.3 is 10.2 Å². The summed E-state index contributed by atoms with van der Waals surface area (Å²) in [5, 5.41) is 3.08. The van der Waals surface area contributed by atoms with Crippen molar-refractivity contribution in [2.24, 2.45) is 23.7 Å². The van der Waals surface area contributed by atoms with Crippen molar-refractivity contribution in [2.75, 3.05) is 6.54 Å². The van der Waals surface area contributed by atoms with Crippen molar-refractivity contribution in [3.05, 3.63) is 70.8 Å². The zero-order valence-electron chi connectivity index (χ0n) is 21.1. The van der Waals surface area contributed by atoms with Crippen molar-refractivity contribution in [3.8, 4) is 0 Å². The van der Waals surface area contributed by atoms with Crippen LogP contribution >= 0.6 is 0 Å². The van der Waals surface area contributed by atoms with Crippen LogP contribution in [-0.2, 0) is 23.2 Å². The first-order valence-corrected chi connectivity index (χ1v) is 13.7. The van der Waals surface area contributed by atoms with Crippen LogP contribution in [0.1, 0.15) is 79.4 Å². The molecule has 184 valence electrons. The minimum absolute atomic E-state index is 0.0213. The highest BCUT2D eigenvalue weighted by Crippen LogP contribution is 2.60. The minimum atomic E-state index is -0.518. The molecule has 7 rings (SSSR count). The van der Waals surface area contributed by atoms with E-state index < -0.39 is 6.04 Å². The molecule has 4 saturated carbocycles. The van der Waals surface area contributed by atoms with Crippen LogP contribution in [0.25, 0.3) is 0 Å². The maximum absolute atomic E-state index is 13.4. The average Bonchev–Trinajstić information content (AvgIpc) is 2.85. The van der Waals surface area contributed by atoms with E-state index in [1.54, 1.807) is 0 Å². The molecule has 1 N–H and O–H groups in total. The van der Waals surface area contributed by atoms with E-state index in [-0.39, 0.29) is 17.7 Å². The summed E-state index contributed by atoms with van der Waals surface area (Å²) in [5.74, 6) is 2.62. The molecule has 2 amide bonds. The van der Waals surface area contributed by atoms with Crippen LogP contribution in [0, 0.1) is 23.7 Å². The number of rotatable bonds is 5. The monoisotopic (exact) mass is 470 g/mol. The van der Waals surface area contributed by atoms with Gasteiger partial charge in [0.05, 0.1) is 0 Å². The van der Waals surface area contributed by atoms with Gasteiger partial charge in [0.2, 0.25) is 5.91 Å². The number of carbonyl (C=O) groups is 2. The third-order valence-electron chi connectivity index (χ3n) is 9.46. The van der Waals surface area contributed by atoms with E-state index in [0.717, 1.165) is 24.2 Å². The Morgan fingerprint density at radius 2 is 1.49 bits per heavy atom. The molecule has 4 heteroatoms. The minimum Gasteiger partial charge on any atom is -0.340 e. The van der Waals surface area contributed by atoms with Gasteiger partial charge in [-0.25, -0.2) is 0 Å². The van der Waals surface area contributed by atoms with Gasteiger partial charge in [0.1, 0.15) is 6.04 Å². The highest BCUT2D eigenvalue weighted by atomic mass is 16.2. The van der Waals surface area contributed by atoms with Gasteiger partial charge in [0, 0.05) is 18.7 Å². The summed E-state index contributed by atoms with van der Waals surface area (Å²) in [4.78, 5) is 28.6. The molecule has 1 heterocycles. The van der Waals surface area contributed by atoms with Crippen LogP contribution in [0.3, 0.4) is 0 Å². The predicted molar refractivity (Wildman–Crippen MR) is 138 cm³/mol. The Hall–Kier alpha value is -2.62. The maximum atomic E-state index is 13.4. The van der Waals surface area contributed by atoms with Gasteiger partial charge in [-0.2, -0.15) is 0 Å². The van der Waals surface area contributed by atoms with Gasteiger partial charge in [0.25, 0.3) is 5.91 Å². The lowest BCUT2D eigenvalue weighted by molar-refractivity contribution is -0.135. The van der Waals surface area contributed by atoms with E-state index in [0.29, 0.717) is 24.1 Å². The van der Waals surface area contributed by atoms with Crippen molar-refractivity contribution < 1.29 is 9.59 Å². The van der Waals surface area contributed by atoms with Crippen LogP contribution < -0.4 is 5.32 Å². The van der Waals surface area contributed by atoms with Crippen LogP contribution in [0.4, 0.5) is 0 Å². The summed E-state index contributed by atoms with van der Waals surface area (Å²) >= 11 is 0. The number of hydrogen-bond acceptors (Lipinski definition) is 2. The standard InChI is InChI=1S/C31H38N2O2/c1-20(2)28(30(35)33-12-11-24-5-3-4-6-26(24)19-33)32-29(34)25-7-9-27(10-8-25)31-16-21-13-22(17-31)15-23(14-21)18-31/h3-10,20-23,28H,11-19H2,1-2H3,(H,32,34)/t21?,22?,23?,28-,31?/m0/s1. The first-order valence-electron chi connectivity index (χ1n) is 13.7. The summed E-state index contributed by atoms with van der Waals surface area (Å²) in [6, 6.07) is 16.2. The molecule has 0 spiro atoms. The Morgan fingerprint density at radius 1 is 0.886 bits per heavy atom. The molecule has 4 fully saturated rings. The third kappa shape index (κ3) is 4.19. The SMILES string of the molecule is CC(C)[C@H](NC(=O)c1ccc(C23CC4CC(CC(C4)C2)C3)cc1)C(=O)N1CCc2ccccc2C1. The molecule has 0 saturated heterocycles. The van der Waals surface area contributed by atoms with Gasteiger partial charge in [-0.05, 0) is 103 Å². The Kier molecular flexibility index (Phi) is 5.74. The number of nitrogens with zero attached hydrogens (tertiary/aromatic N) is 1. The first kappa shape index (κ1) is 22.8. The molecule has 4 bridgehead atoms. The highest BCUT2D eigenvalue weighted by molar-refractivity contribution is 5.97. The number of fused-ring (bicyclic) bond motifs is 1. The molecule has 1 atom stereocenters. The van der Waals surface area contributed by atoms with Crippen LogP contribution in [0.2, 0.25) is 0 Å². The second kappa shape index (κ2) is 8.80. The van der Waals surface area contributed by atoms with Gasteiger partial charge in [-0.3, -0.25) is 9.59 Å². The van der Waals surface area contributed by atoms with Gasteiger partial charge in [0.15, 0.2) is 0 Å². The van der Waals surface area contributed by atoms with E-state index in [9.17, 15) is 9.59 Å². The Labute approximate surface area is 209 Å². The quantitative estimate of drug-likeness (QED) is 0.628. The number of hydrogen-bond donors (Lipinski definition) is 1. The fourth-order valence-corrected chi connectivity index (χ4v) is 8.06. The van der Waals surface area contributed by atoms with Crippen molar-refractivity contribution in [1.82, 2.24) is 10.2 Å². The topological polar surface area (TPSA) is 49.4 Å². The van der Waals surface area contributed by atoms with Crippen molar-refractivity contribution in [3.63, 3.8) is 0 Å². The van der Waals surface area contributed by atoms with Crippen molar-refractivity contribution in [1.29, 1.82) is 0 Å². The second-order valence-electron chi connectivity index (χ2n) is 12.2. The van der Waals surface area contributed by atoms with Crippen molar-refractivity contribution in [2.45, 2.75) is 76.8 Å². The summed E-state index contributed by atoms with van der Waals surface area (Å²) < 4.78 is 0. The summed E-state index contributed by atoms with van der Waals surface area (Å²) in [7, 11) is 0. The lowest BCUT2D eigenvalue weighted by Gasteiger charge is -2.57. The average molecular weight is 471 g/mol. The van der Waals surface area contributed by atoms with E-state index in [1.165, 1.54) is 55.2 Å². The largest absolute Gasteiger partial charge is 0.340 e. The molecule has 0 unspecified atom stereocenters. The van der Waals surface area contributed by atoms with E-state index in [4.69, 9.17) is 0 Å². The fourth-order valence-electron chi connectivity index (χ4n) is 8.06. The number of carbonyl (C=O) groups excluding carboxylic acids is 2. The summed E-state index contributed by atoms with van der Waals surface area (Å²) in [6.45, 7) is 5.34. The molecule has 5 aliphatic rings. The predicted octanol–water partition coefficient (Wildman–Crippen LogP) is 5.49. The zero-order valence-corrected chi connectivity index (χ0v) is 21.1. The maximum Gasteiger partial charge on any atom is 0.251 e. The smallest absolute Gasteiger partial charge is 0.251 e. The number of benzene rings is 2. The Balaban J connectivity index is 1.15. The number of nitrogens with one attached hydrogen (secondary N) is 1. The van der Waals surface area contributed by atoms with Gasteiger partial charge >= 0.3 is 0 Å². The van der Waals surface area contributed by atoms with E-state index >= 15 is 0 Å². The zero-order chi connectivity index (χ0) is 24.2. The number of amides is 2. The lowest BCUT2D eigenvalue weighted by atomic mass is 9.48. The van der Waals surface area contributed by atoms with E-state index in [1.807, 2.05) is 36.9 Å². The molecule has 35 heavy (non-hydrogen) atoms. The molecular formula is C31H38N2O2. The molecule has 0 aromatic heterocycles. The summed E-state index contributed by atoms with van der Waals surface area (Å²) in [6.07, 6.45) is 9.16. The molecule has 2 aromatic carbocycles. The molecule has 0 radical (unpaired) electrons. The second-order valence-corrected chi connectivity index (χ2v) is 12.2. The Morgan fingerprint density at radius 3 is 2.09 bits per heavy atom. The highest BCUT2D eigenvalue weighted by Gasteiger charge is 2.51. The molecule has 4 aliphatic carbocycles. The Bertz CT molecular complexity index is 1080. The van der Waals surface area contributed by atoms with Crippen LogP contribution in [0.5, 0.6) is 0 Å². The van der Waals surface area contributed by atoms with E-state index in [2.05, 4.69) is 35.6 Å². The van der Waals surface area contributed by atoms with Crippen LogP contribution in [-0.4, -0.2) is 29.3 Å². The molecular weight excluding hydrogens is 432 g/mol. The molecule has 4 nitrogen and oxygen atoms in total. The lowest BCUT2D eigenvalue weighted by Crippen LogP contribution is -2.52.